The number of piperidine rings is 1. The largest absolute Gasteiger partial charge is 0.443 e. The van der Waals surface area contributed by atoms with Crippen molar-refractivity contribution in [1.82, 2.24) is 10.2 Å². The van der Waals surface area contributed by atoms with Crippen LogP contribution in [0.15, 0.2) is 53.5 Å². The van der Waals surface area contributed by atoms with Gasteiger partial charge < -0.3 is 15.4 Å². The number of hydrogen-bond donors (Lipinski definition) is 2. The van der Waals surface area contributed by atoms with Crippen molar-refractivity contribution in [3.8, 4) is 0 Å². The van der Waals surface area contributed by atoms with Gasteiger partial charge in [0.05, 0.1) is 5.56 Å². The van der Waals surface area contributed by atoms with Gasteiger partial charge in [0, 0.05) is 24.1 Å². The number of ether oxygens (including phenoxy) is 1. The topological polar surface area (TPSA) is 114 Å². The van der Waals surface area contributed by atoms with Crippen LogP contribution in [0.25, 0.3) is 0 Å². The highest BCUT2D eigenvalue weighted by Gasteiger charge is 2.38. The predicted octanol–water partition coefficient (Wildman–Crippen LogP) is 4.84. The molecule has 0 saturated carbocycles. The number of nitrogens with one attached hydrogen (secondary N) is 1. The predicted molar refractivity (Wildman–Crippen MR) is 135 cm³/mol. The van der Waals surface area contributed by atoms with Gasteiger partial charge in [-0.25, -0.2) is 4.79 Å². The molecule has 3 amide bonds. The Balaban J connectivity index is 1.68. The quantitative estimate of drug-likeness (QED) is 0.432. The lowest BCUT2D eigenvalue weighted by Gasteiger charge is -2.36. The van der Waals surface area contributed by atoms with Crippen molar-refractivity contribution in [2.24, 2.45) is 16.1 Å². The van der Waals surface area contributed by atoms with Crippen molar-refractivity contribution in [3.63, 3.8) is 0 Å². The fraction of sp³-hybridized carbons (Fsp3) is 0.407. The summed E-state index contributed by atoms with van der Waals surface area (Å²) in [4.78, 5) is 42.0. The van der Waals surface area contributed by atoms with Crippen LogP contribution in [-0.4, -0.2) is 41.9 Å². The second kappa shape index (κ2) is 11.7. The molecule has 204 valence electrons. The van der Waals surface area contributed by atoms with Crippen molar-refractivity contribution < 1.29 is 32.3 Å². The van der Waals surface area contributed by atoms with Gasteiger partial charge in [-0.3, -0.25) is 14.9 Å². The summed E-state index contributed by atoms with van der Waals surface area (Å²) in [5, 5.41) is 2.11. The molecule has 3 rings (SSSR count). The number of rotatable bonds is 4. The Bertz CT molecular complexity index is 1200. The molecular weight excluding hydrogens is 501 g/mol. The summed E-state index contributed by atoms with van der Waals surface area (Å²) < 4.78 is 46.8. The maximum atomic E-state index is 14.0. The van der Waals surface area contributed by atoms with Crippen molar-refractivity contribution in [1.29, 1.82) is 0 Å². The minimum Gasteiger partial charge on any atom is -0.443 e. The molecule has 0 bridgehead atoms. The van der Waals surface area contributed by atoms with Gasteiger partial charge >= 0.3 is 12.3 Å². The van der Waals surface area contributed by atoms with Crippen molar-refractivity contribution >= 4 is 23.9 Å². The molecule has 38 heavy (non-hydrogen) atoms. The summed E-state index contributed by atoms with van der Waals surface area (Å²) in [6.07, 6.45) is -5.01. The van der Waals surface area contributed by atoms with Crippen LogP contribution in [-0.2, 0) is 22.3 Å². The molecule has 0 atom stereocenters. The molecular formula is C27H31F3N4O4. The summed E-state index contributed by atoms with van der Waals surface area (Å²) in [5.41, 5.74) is 4.58. The lowest BCUT2D eigenvalue weighted by atomic mass is 9.84. The molecule has 1 saturated heterocycles. The van der Waals surface area contributed by atoms with Crippen LogP contribution in [0, 0.1) is 5.41 Å². The lowest BCUT2D eigenvalue weighted by Crippen LogP contribution is -2.43. The molecule has 1 fully saturated rings. The zero-order valence-corrected chi connectivity index (χ0v) is 21.5. The van der Waals surface area contributed by atoms with E-state index in [1.54, 1.807) is 56.0 Å². The first-order valence-corrected chi connectivity index (χ1v) is 12.1. The van der Waals surface area contributed by atoms with E-state index in [1.165, 1.54) is 12.1 Å². The van der Waals surface area contributed by atoms with Gasteiger partial charge in [0.2, 0.25) is 11.9 Å². The summed E-state index contributed by atoms with van der Waals surface area (Å²) in [6, 6.07) is 12.1. The van der Waals surface area contributed by atoms with Crippen LogP contribution in [0.4, 0.5) is 18.0 Å². The second-order valence-corrected chi connectivity index (χ2v) is 10.1. The first kappa shape index (κ1) is 28.7. The van der Waals surface area contributed by atoms with E-state index < -0.39 is 41.0 Å². The van der Waals surface area contributed by atoms with Gasteiger partial charge in [0.1, 0.15) is 6.61 Å². The van der Waals surface area contributed by atoms with Crippen LogP contribution in [0.5, 0.6) is 0 Å². The number of alkyl halides is 3. The Kier molecular flexibility index (Phi) is 8.80. The molecule has 0 aliphatic carbocycles. The maximum absolute atomic E-state index is 14.0. The number of nitrogens with two attached hydrogens (primary N) is 1. The van der Waals surface area contributed by atoms with Crippen LogP contribution < -0.4 is 11.1 Å². The van der Waals surface area contributed by atoms with Gasteiger partial charge in [-0.2, -0.15) is 13.2 Å². The van der Waals surface area contributed by atoms with E-state index in [9.17, 15) is 27.6 Å². The monoisotopic (exact) mass is 532 g/mol. The van der Waals surface area contributed by atoms with Gasteiger partial charge in [-0.15, -0.1) is 4.99 Å². The summed E-state index contributed by atoms with van der Waals surface area (Å²) >= 11 is 0. The number of amides is 3. The number of carbonyl (C=O) groups is 3. The highest BCUT2D eigenvalue weighted by molar-refractivity contribution is 6.07. The van der Waals surface area contributed by atoms with E-state index in [2.05, 4.69) is 10.3 Å². The zero-order valence-electron chi connectivity index (χ0n) is 21.5. The molecule has 1 aliphatic rings. The number of nitrogens with zero attached hydrogens (tertiary/aromatic N) is 2. The average molecular weight is 533 g/mol. The fourth-order valence-electron chi connectivity index (χ4n) is 4.23. The van der Waals surface area contributed by atoms with Gasteiger partial charge in [0.15, 0.2) is 0 Å². The lowest BCUT2D eigenvalue weighted by molar-refractivity contribution is -0.141. The molecule has 8 nitrogen and oxygen atoms in total. The Morgan fingerprint density at radius 3 is 2.26 bits per heavy atom. The number of benzene rings is 2. The molecule has 3 N–H and O–H groups in total. The second-order valence-electron chi connectivity index (χ2n) is 10.1. The molecule has 2 aromatic rings. The molecule has 2 aromatic carbocycles. The summed E-state index contributed by atoms with van der Waals surface area (Å²) in [7, 11) is 0. The molecule has 1 heterocycles. The first-order valence-electron chi connectivity index (χ1n) is 12.1. The van der Waals surface area contributed by atoms with Crippen molar-refractivity contribution in [2.45, 2.75) is 52.3 Å². The Morgan fingerprint density at radius 2 is 1.68 bits per heavy atom. The molecule has 0 aromatic heterocycles. The van der Waals surface area contributed by atoms with E-state index in [4.69, 9.17) is 10.5 Å². The van der Waals surface area contributed by atoms with E-state index in [0.29, 0.717) is 31.5 Å². The minimum absolute atomic E-state index is 0.0396. The van der Waals surface area contributed by atoms with Gasteiger partial charge in [0.25, 0.3) is 5.91 Å². The van der Waals surface area contributed by atoms with E-state index in [-0.39, 0.29) is 23.6 Å². The van der Waals surface area contributed by atoms with Crippen LogP contribution in [0.2, 0.25) is 0 Å². The smallest absolute Gasteiger partial charge is 0.437 e. The highest BCUT2D eigenvalue weighted by Crippen LogP contribution is 2.39. The Labute approximate surface area is 219 Å². The van der Waals surface area contributed by atoms with Crippen LogP contribution in [0.3, 0.4) is 0 Å². The number of halogens is 3. The standard InChI is InChI=1S/C27H31F3N4O4/c1-26(2,3)23(36)34-13-11-18(12-14-34)20-10-9-19(15-21(20)27(28,29)30)22(35)32-24(31)33-25(37)38-16-17-7-5-4-6-8-17/h4-10,15,18H,11-14,16H2,1-3H3,(H3,31,32,33,35,37). The molecule has 0 spiro atoms. The number of likely N-dealkylation sites (tertiary alicyclic amines) is 1. The summed E-state index contributed by atoms with van der Waals surface area (Å²) in [6.45, 7) is 6.06. The first-order chi connectivity index (χ1) is 17.8. The van der Waals surface area contributed by atoms with Crippen molar-refractivity contribution in [2.75, 3.05) is 13.1 Å². The molecule has 0 unspecified atom stereocenters. The third-order valence-corrected chi connectivity index (χ3v) is 6.14. The van der Waals surface area contributed by atoms with Crippen molar-refractivity contribution in [3.05, 3.63) is 70.8 Å². The zero-order chi connectivity index (χ0) is 28.1. The number of guanidine groups is 1. The Hall–Kier alpha value is -3.89. The van der Waals surface area contributed by atoms with Gasteiger partial charge in [-0.05, 0) is 42.0 Å². The van der Waals surface area contributed by atoms with Crippen LogP contribution in [0.1, 0.15) is 66.6 Å². The number of carbonyl (C=O) groups excluding carboxylic acids is 3. The normalized spacial score (nSPS) is 15.2. The van der Waals surface area contributed by atoms with E-state index in [0.717, 1.165) is 6.07 Å². The Morgan fingerprint density at radius 1 is 1.05 bits per heavy atom. The SMILES string of the molecule is CC(C)(C)C(=O)N1CCC(c2ccc(C(=O)N/C(N)=N\C(=O)OCc3ccccc3)cc2C(F)(F)F)CC1. The minimum atomic E-state index is -4.70. The molecule has 1 aliphatic heterocycles. The number of hydrogen-bond acceptors (Lipinski definition) is 4. The molecule has 0 radical (unpaired) electrons. The summed E-state index contributed by atoms with van der Waals surface area (Å²) in [5.74, 6) is -2.02. The highest BCUT2D eigenvalue weighted by atomic mass is 19.4. The fourth-order valence-corrected chi connectivity index (χ4v) is 4.23. The maximum Gasteiger partial charge on any atom is 0.437 e. The average Bonchev–Trinajstić information content (AvgIpc) is 2.86. The van der Waals surface area contributed by atoms with E-state index >= 15 is 0 Å². The third-order valence-electron chi connectivity index (χ3n) is 6.14. The van der Waals surface area contributed by atoms with Gasteiger partial charge in [-0.1, -0.05) is 57.2 Å². The third kappa shape index (κ3) is 7.56. The number of aliphatic imine (C=N–C) groups is 1. The van der Waals surface area contributed by atoms with E-state index in [1.807, 2.05) is 0 Å². The van der Waals surface area contributed by atoms with Crippen LogP contribution >= 0.6 is 0 Å². The molecule has 11 heteroatoms.